The lowest BCUT2D eigenvalue weighted by Gasteiger charge is -2.61. The molecule has 0 aromatic heterocycles. The summed E-state index contributed by atoms with van der Waals surface area (Å²) in [5.74, 6) is 6.74. The molecule has 0 heterocycles. The van der Waals surface area contributed by atoms with E-state index in [-0.39, 0.29) is 0 Å². The first kappa shape index (κ1) is 22.2. The predicted molar refractivity (Wildman–Crippen MR) is 124 cm³/mol. The second-order valence-electron chi connectivity index (χ2n) is 12.7. The van der Waals surface area contributed by atoms with Crippen LogP contribution in [0.15, 0.2) is 0 Å². The molecular formula is C28H50O. The molecule has 4 rings (SSSR count). The van der Waals surface area contributed by atoms with Gasteiger partial charge in [-0.2, -0.15) is 0 Å². The van der Waals surface area contributed by atoms with Gasteiger partial charge in [0.05, 0.1) is 0 Å². The van der Waals surface area contributed by atoms with Gasteiger partial charge in [0, 0.05) is 6.61 Å². The van der Waals surface area contributed by atoms with Crippen molar-refractivity contribution in [2.24, 2.45) is 52.3 Å². The summed E-state index contributed by atoms with van der Waals surface area (Å²) in [6.07, 6.45) is 20.4. The summed E-state index contributed by atoms with van der Waals surface area (Å²) in [5, 5.41) is 9.17. The third-order valence-electron chi connectivity index (χ3n) is 11.3. The lowest BCUT2D eigenvalue weighted by Crippen LogP contribution is -2.53. The number of hydrogen-bond acceptors (Lipinski definition) is 1. The van der Waals surface area contributed by atoms with Crippen LogP contribution in [0.5, 0.6) is 0 Å². The third-order valence-corrected chi connectivity index (χ3v) is 11.3. The monoisotopic (exact) mass is 402 g/mol. The van der Waals surface area contributed by atoms with Crippen LogP contribution in [0, 0.1) is 52.3 Å². The molecule has 1 N–H and O–H groups in total. The fraction of sp³-hybridized carbons (Fsp3) is 1.00. The van der Waals surface area contributed by atoms with E-state index < -0.39 is 0 Å². The summed E-state index contributed by atoms with van der Waals surface area (Å²) in [6, 6.07) is 0. The van der Waals surface area contributed by atoms with E-state index in [4.69, 9.17) is 5.11 Å². The molecule has 4 aliphatic carbocycles. The van der Waals surface area contributed by atoms with Crippen LogP contribution in [-0.4, -0.2) is 11.7 Å². The van der Waals surface area contributed by atoms with Gasteiger partial charge in [-0.1, -0.05) is 59.8 Å². The van der Waals surface area contributed by atoms with Crippen molar-refractivity contribution in [3.8, 4) is 0 Å². The molecule has 168 valence electrons. The Bertz CT molecular complexity index is 542. The molecule has 0 amide bonds. The van der Waals surface area contributed by atoms with E-state index in [1.807, 2.05) is 0 Å². The van der Waals surface area contributed by atoms with Crippen molar-refractivity contribution in [2.75, 3.05) is 6.61 Å². The van der Waals surface area contributed by atoms with Gasteiger partial charge < -0.3 is 5.11 Å². The van der Waals surface area contributed by atoms with Crippen LogP contribution in [0.25, 0.3) is 0 Å². The Labute approximate surface area is 181 Å². The maximum Gasteiger partial charge on any atom is 0.0433 e. The maximum absolute atomic E-state index is 9.17. The minimum atomic E-state index is 0.363. The first-order valence-corrected chi connectivity index (χ1v) is 13.5. The van der Waals surface area contributed by atoms with Crippen molar-refractivity contribution in [1.29, 1.82) is 0 Å². The van der Waals surface area contributed by atoms with Gasteiger partial charge in [-0.05, 0) is 110 Å². The van der Waals surface area contributed by atoms with Gasteiger partial charge in [-0.15, -0.1) is 0 Å². The highest BCUT2D eigenvalue weighted by atomic mass is 16.3. The van der Waals surface area contributed by atoms with E-state index >= 15 is 0 Å². The Hall–Kier alpha value is -0.0400. The van der Waals surface area contributed by atoms with E-state index in [9.17, 15) is 0 Å². The average Bonchev–Trinajstić information content (AvgIpc) is 3.05. The molecule has 0 aromatic rings. The predicted octanol–water partition coefficient (Wildman–Crippen LogP) is 7.86. The van der Waals surface area contributed by atoms with Crippen LogP contribution in [0.3, 0.4) is 0 Å². The Morgan fingerprint density at radius 2 is 1.59 bits per heavy atom. The molecule has 9 atom stereocenters. The minimum absolute atomic E-state index is 0.363. The van der Waals surface area contributed by atoms with Gasteiger partial charge in [0.1, 0.15) is 0 Å². The van der Waals surface area contributed by atoms with Crippen LogP contribution in [0.1, 0.15) is 118 Å². The zero-order valence-electron chi connectivity index (χ0n) is 20.1. The average molecular weight is 403 g/mol. The summed E-state index contributed by atoms with van der Waals surface area (Å²) < 4.78 is 0. The van der Waals surface area contributed by atoms with Crippen molar-refractivity contribution in [3.05, 3.63) is 0 Å². The lowest BCUT2D eigenvalue weighted by molar-refractivity contribution is -0.114. The maximum atomic E-state index is 9.17. The van der Waals surface area contributed by atoms with Crippen LogP contribution < -0.4 is 0 Å². The molecule has 4 saturated carbocycles. The van der Waals surface area contributed by atoms with Crippen molar-refractivity contribution in [1.82, 2.24) is 0 Å². The van der Waals surface area contributed by atoms with Gasteiger partial charge in [0.25, 0.3) is 0 Å². The number of hydrogen-bond donors (Lipinski definition) is 1. The Morgan fingerprint density at radius 1 is 0.793 bits per heavy atom. The van der Waals surface area contributed by atoms with Gasteiger partial charge in [-0.25, -0.2) is 0 Å². The summed E-state index contributed by atoms with van der Waals surface area (Å²) in [5.41, 5.74) is 1.32. The molecule has 4 aliphatic rings. The van der Waals surface area contributed by atoms with E-state index in [1.165, 1.54) is 64.2 Å². The van der Waals surface area contributed by atoms with Crippen molar-refractivity contribution in [2.45, 2.75) is 118 Å². The molecule has 2 unspecified atom stereocenters. The Kier molecular flexibility index (Phi) is 6.75. The van der Waals surface area contributed by atoms with Crippen LogP contribution in [0.4, 0.5) is 0 Å². The quantitative estimate of drug-likeness (QED) is 0.459. The third kappa shape index (κ3) is 3.96. The molecule has 0 spiro atoms. The second-order valence-corrected chi connectivity index (χ2v) is 12.7. The molecule has 0 aliphatic heterocycles. The molecular weight excluding hydrogens is 352 g/mol. The largest absolute Gasteiger partial charge is 0.396 e. The highest BCUT2D eigenvalue weighted by Gasteiger charge is 2.59. The fourth-order valence-corrected chi connectivity index (χ4v) is 9.62. The summed E-state index contributed by atoms with van der Waals surface area (Å²) in [7, 11) is 0. The van der Waals surface area contributed by atoms with Crippen molar-refractivity contribution in [3.63, 3.8) is 0 Å². The SMILES string of the molecule is CC(CCO)CCC[C@@H](C)[C@H]1CC[C@H]2[C@@H]3CCC4CCCC[C@]4(C)[C@H]3CC[C@]12C. The first-order chi connectivity index (χ1) is 13.9. The zero-order valence-corrected chi connectivity index (χ0v) is 20.1. The highest BCUT2D eigenvalue weighted by Crippen LogP contribution is 2.68. The molecule has 0 saturated heterocycles. The number of fused-ring (bicyclic) bond motifs is 5. The van der Waals surface area contributed by atoms with Crippen molar-refractivity contribution < 1.29 is 5.11 Å². The molecule has 0 aromatic carbocycles. The summed E-state index contributed by atoms with van der Waals surface area (Å²) in [6.45, 7) is 10.7. The van der Waals surface area contributed by atoms with Gasteiger partial charge in [0.15, 0.2) is 0 Å². The summed E-state index contributed by atoms with van der Waals surface area (Å²) in [4.78, 5) is 0. The van der Waals surface area contributed by atoms with Gasteiger partial charge in [-0.3, -0.25) is 0 Å². The normalized spacial score (nSPS) is 46.4. The van der Waals surface area contributed by atoms with Crippen molar-refractivity contribution >= 4 is 0 Å². The lowest BCUT2D eigenvalue weighted by atomic mass is 9.44. The Morgan fingerprint density at radius 3 is 2.38 bits per heavy atom. The highest BCUT2D eigenvalue weighted by molar-refractivity contribution is 5.09. The topological polar surface area (TPSA) is 20.2 Å². The molecule has 1 heteroatoms. The van der Waals surface area contributed by atoms with Gasteiger partial charge in [0.2, 0.25) is 0 Å². The van der Waals surface area contributed by atoms with Crippen LogP contribution in [-0.2, 0) is 0 Å². The van der Waals surface area contributed by atoms with E-state index in [0.29, 0.717) is 23.4 Å². The standard InChI is InChI=1S/C28H50O/c1-20(16-19-29)8-7-9-21(2)24-13-14-25-23-12-11-22-10-5-6-17-27(22,3)26(23)15-18-28(24,25)4/h20-26,29H,5-19H2,1-4H3/t20?,21-,22?,23+,24-,25+,26+,27+,28-/m1/s1. The smallest absolute Gasteiger partial charge is 0.0433 e. The summed E-state index contributed by atoms with van der Waals surface area (Å²) >= 11 is 0. The number of aliphatic hydroxyl groups excluding tert-OH is 1. The molecule has 1 nitrogen and oxygen atoms in total. The number of rotatable bonds is 7. The minimum Gasteiger partial charge on any atom is -0.396 e. The number of aliphatic hydroxyl groups is 1. The first-order valence-electron chi connectivity index (χ1n) is 13.5. The van der Waals surface area contributed by atoms with Crippen LogP contribution >= 0.6 is 0 Å². The van der Waals surface area contributed by atoms with Crippen LogP contribution in [0.2, 0.25) is 0 Å². The van der Waals surface area contributed by atoms with E-state index in [1.54, 1.807) is 19.3 Å². The van der Waals surface area contributed by atoms with E-state index in [0.717, 1.165) is 41.9 Å². The molecule has 0 bridgehead atoms. The van der Waals surface area contributed by atoms with E-state index in [2.05, 4.69) is 27.7 Å². The zero-order chi connectivity index (χ0) is 20.6. The second kappa shape index (κ2) is 8.84. The molecule has 29 heavy (non-hydrogen) atoms. The molecule has 0 radical (unpaired) electrons. The fourth-order valence-electron chi connectivity index (χ4n) is 9.62. The van der Waals surface area contributed by atoms with Gasteiger partial charge >= 0.3 is 0 Å². The Balaban J connectivity index is 1.40. The molecule has 4 fully saturated rings.